The fourth-order valence-corrected chi connectivity index (χ4v) is 3.13. The van der Waals surface area contributed by atoms with Crippen LogP contribution >= 0.6 is 0 Å². The Labute approximate surface area is 99.8 Å². The molecule has 2 N–H and O–H groups in total. The number of rotatable bonds is 5. The van der Waals surface area contributed by atoms with Crippen molar-refractivity contribution in [3.05, 3.63) is 0 Å². The van der Waals surface area contributed by atoms with E-state index in [0.717, 1.165) is 11.8 Å². The van der Waals surface area contributed by atoms with E-state index in [0.29, 0.717) is 18.0 Å². The molecule has 2 nitrogen and oxygen atoms in total. The van der Waals surface area contributed by atoms with Gasteiger partial charge >= 0.3 is 0 Å². The molecule has 0 saturated heterocycles. The molecule has 0 bridgehead atoms. The van der Waals surface area contributed by atoms with Crippen molar-refractivity contribution in [2.45, 2.75) is 64.5 Å². The van der Waals surface area contributed by atoms with Crippen molar-refractivity contribution in [3.63, 3.8) is 0 Å². The van der Waals surface area contributed by atoms with Crippen LogP contribution in [0.1, 0.15) is 52.4 Å². The van der Waals surface area contributed by atoms with Gasteiger partial charge in [0.1, 0.15) is 0 Å². The predicted molar refractivity (Wildman–Crippen MR) is 67.3 cm³/mol. The normalized spacial score (nSPS) is 33.0. The second-order valence-electron chi connectivity index (χ2n) is 6.16. The van der Waals surface area contributed by atoms with E-state index in [1.807, 2.05) is 0 Å². The van der Waals surface area contributed by atoms with Gasteiger partial charge in [0.15, 0.2) is 0 Å². The maximum Gasteiger partial charge on any atom is 0.0587 e. The molecule has 0 aromatic heterocycles. The average Bonchev–Trinajstić information content (AvgIpc) is 3.09. The molecule has 2 aliphatic carbocycles. The van der Waals surface area contributed by atoms with E-state index in [1.165, 1.54) is 38.5 Å². The zero-order valence-electron chi connectivity index (χ0n) is 10.8. The summed E-state index contributed by atoms with van der Waals surface area (Å²) in [7, 11) is 0. The lowest BCUT2D eigenvalue weighted by Gasteiger charge is -2.33. The molecular weight excluding hydrogens is 198 g/mol. The van der Waals surface area contributed by atoms with Crippen molar-refractivity contribution >= 4 is 0 Å². The van der Waals surface area contributed by atoms with Crippen LogP contribution in [0.2, 0.25) is 0 Å². The maximum atomic E-state index is 9.35. The van der Waals surface area contributed by atoms with Gasteiger partial charge in [-0.3, -0.25) is 0 Å². The number of hydrogen-bond acceptors (Lipinski definition) is 2. The van der Waals surface area contributed by atoms with Gasteiger partial charge in [0, 0.05) is 12.1 Å². The third-order valence-corrected chi connectivity index (χ3v) is 4.45. The third kappa shape index (κ3) is 3.21. The number of aliphatic hydroxyl groups excluding tert-OH is 1. The van der Waals surface area contributed by atoms with Gasteiger partial charge in [-0.1, -0.05) is 26.7 Å². The SMILES string of the molecule is CC(C)[C@@H](CO)NC1CCCC(C2CC2)C1. The first-order chi connectivity index (χ1) is 7.70. The quantitative estimate of drug-likeness (QED) is 0.753. The summed E-state index contributed by atoms with van der Waals surface area (Å²) in [5.41, 5.74) is 0. The molecule has 2 saturated carbocycles. The maximum absolute atomic E-state index is 9.35. The van der Waals surface area contributed by atoms with Gasteiger partial charge in [0.25, 0.3) is 0 Å². The minimum Gasteiger partial charge on any atom is -0.395 e. The number of nitrogens with one attached hydrogen (secondary N) is 1. The molecule has 0 aliphatic heterocycles. The van der Waals surface area contributed by atoms with E-state index in [1.54, 1.807) is 0 Å². The summed E-state index contributed by atoms with van der Waals surface area (Å²) < 4.78 is 0. The van der Waals surface area contributed by atoms with Crippen LogP contribution in [0.3, 0.4) is 0 Å². The van der Waals surface area contributed by atoms with Crippen LogP contribution in [-0.2, 0) is 0 Å². The summed E-state index contributed by atoms with van der Waals surface area (Å²) >= 11 is 0. The molecule has 0 heterocycles. The standard InChI is InChI=1S/C14H27NO/c1-10(2)14(9-16)15-13-5-3-4-12(8-13)11-6-7-11/h10-16H,3-9H2,1-2H3/t12?,13?,14-/m1/s1. The molecule has 2 heteroatoms. The highest BCUT2D eigenvalue weighted by molar-refractivity contribution is 4.89. The molecule has 16 heavy (non-hydrogen) atoms. The van der Waals surface area contributed by atoms with Gasteiger partial charge < -0.3 is 10.4 Å². The van der Waals surface area contributed by atoms with Gasteiger partial charge in [-0.15, -0.1) is 0 Å². The van der Waals surface area contributed by atoms with E-state index in [-0.39, 0.29) is 6.61 Å². The van der Waals surface area contributed by atoms with Crippen molar-refractivity contribution in [1.29, 1.82) is 0 Å². The summed E-state index contributed by atoms with van der Waals surface area (Å²) in [5, 5.41) is 13.0. The first kappa shape index (κ1) is 12.4. The van der Waals surface area contributed by atoms with Crippen molar-refractivity contribution in [1.82, 2.24) is 5.32 Å². The molecule has 0 aromatic rings. The second-order valence-corrected chi connectivity index (χ2v) is 6.16. The van der Waals surface area contributed by atoms with Crippen molar-refractivity contribution < 1.29 is 5.11 Å². The largest absolute Gasteiger partial charge is 0.395 e. The summed E-state index contributed by atoms with van der Waals surface area (Å²) in [6.07, 6.45) is 8.46. The Kier molecular flexibility index (Phi) is 4.26. The van der Waals surface area contributed by atoms with Crippen LogP contribution < -0.4 is 5.32 Å². The molecule has 2 fully saturated rings. The molecular formula is C14H27NO. The van der Waals surface area contributed by atoms with E-state index in [2.05, 4.69) is 19.2 Å². The van der Waals surface area contributed by atoms with Crippen LogP contribution in [0.15, 0.2) is 0 Å². The van der Waals surface area contributed by atoms with Crippen LogP contribution in [0, 0.1) is 17.8 Å². The Morgan fingerprint density at radius 3 is 2.44 bits per heavy atom. The Hall–Kier alpha value is -0.0800. The van der Waals surface area contributed by atoms with E-state index in [9.17, 15) is 5.11 Å². The molecule has 94 valence electrons. The zero-order chi connectivity index (χ0) is 11.5. The van der Waals surface area contributed by atoms with Gasteiger partial charge in [-0.05, 0) is 43.4 Å². The van der Waals surface area contributed by atoms with E-state index >= 15 is 0 Å². The molecule has 2 unspecified atom stereocenters. The van der Waals surface area contributed by atoms with Gasteiger partial charge in [0.05, 0.1) is 6.61 Å². The van der Waals surface area contributed by atoms with Crippen LogP contribution in [0.25, 0.3) is 0 Å². The summed E-state index contributed by atoms with van der Waals surface area (Å²) in [5.74, 6) is 2.57. The fraction of sp³-hybridized carbons (Fsp3) is 1.00. The smallest absolute Gasteiger partial charge is 0.0587 e. The van der Waals surface area contributed by atoms with Gasteiger partial charge in [-0.25, -0.2) is 0 Å². The van der Waals surface area contributed by atoms with Gasteiger partial charge in [0.2, 0.25) is 0 Å². The molecule has 3 atom stereocenters. The average molecular weight is 225 g/mol. The first-order valence-corrected chi connectivity index (χ1v) is 7.07. The lowest BCUT2D eigenvalue weighted by molar-refractivity contribution is 0.172. The van der Waals surface area contributed by atoms with E-state index < -0.39 is 0 Å². The first-order valence-electron chi connectivity index (χ1n) is 7.07. The zero-order valence-corrected chi connectivity index (χ0v) is 10.8. The highest BCUT2D eigenvalue weighted by Crippen LogP contribution is 2.43. The second kappa shape index (κ2) is 5.50. The highest BCUT2D eigenvalue weighted by Gasteiger charge is 2.35. The molecule has 0 radical (unpaired) electrons. The number of hydrogen-bond donors (Lipinski definition) is 2. The molecule has 0 spiro atoms. The van der Waals surface area contributed by atoms with Crippen LogP contribution in [-0.4, -0.2) is 23.8 Å². The van der Waals surface area contributed by atoms with Crippen LogP contribution in [0.4, 0.5) is 0 Å². The lowest BCUT2D eigenvalue weighted by Crippen LogP contribution is -2.45. The monoisotopic (exact) mass is 225 g/mol. The topological polar surface area (TPSA) is 32.3 Å². The summed E-state index contributed by atoms with van der Waals surface area (Å²) in [4.78, 5) is 0. The van der Waals surface area contributed by atoms with Crippen molar-refractivity contribution in [2.24, 2.45) is 17.8 Å². The Bertz CT molecular complexity index is 213. The summed E-state index contributed by atoms with van der Waals surface area (Å²) in [6.45, 7) is 4.66. The Balaban J connectivity index is 1.79. The number of aliphatic hydroxyl groups is 1. The fourth-order valence-electron chi connectivity index (χ4n) is 3.13. The van der Waals surface area contributed by atoms with Crippen molar-refractivity contribution in [2.75, 3.05) is 6.61 Å². The van der Waals surface area contributed by atoms with E-state index in [4.69, 9.17) is 0 Å². The van der Waals surface area contributed by atoms with Crippen LogP contribution in [0.5, 0.6) is 0 Å². The Morgan fingerprint density at radius 1 is 1.12 bits per heavy atom. The minimum atomic E-state index is 0.280. The molecule has 0 aromatic carbocycles. The van der Waals surface area contributed by atoms with Crippen molar-refractivity contribution in [3.8, 4) is 0 Å². The molecule has 2 aliphatic rings. The lowest BCUT2D eigenvalue weighted by atomic mass is 9.82. The van der Waals surface area contributed by atoms with Gasteiger partial charge in [-0.2, -0.15) is 0 Å². The molecule has 2 rings (SSSR count). The third-order valence-electron chi connectivity index (χ3n) is 4.45. The predicted octanol–water partition coefficient (Wildman–Crippen LogP) is 2.56. The minimum absolute atomic E-state index is 0.280. The Morgan fingerprint density at radius 2 is 1.88 bits per heavy atom. The highest BCUT2D eigenvalue weighted by atomic mass is 16.3. The molecule has 0 amide bonds. The summed E-state index contributed by atoms with van der Waals surface area (Å²) in [6, 6.07) is 0.960.